The molecule has 116 valence electrons. The summed E-state index contributed by atoms with van der Waals surface area (Å²) in [5.74, 6) is 1.63. The molecular weight excluding hydrogens is 274 g/mol. The van der Waals surface area contributed by atoms with Crippen LogP contribution in [0, 0.1) is 0 Å². The largest absolute Gasteiger partial charge is 0.453 e. The molecule has 1 aromatic heterocycles. The minimum absolute atomic E-state index is 0.153. The van der Waals surface area contributed by atoms with Crippen molar-refractivity contribution in [1.82, 2.24) is 15.2 Å². The molecule has 0 bridgehead atoms. The number of ether oxygens (including phenoxy) is 1. The Balaban J connectivity index is 2.03. The third kappa shape index (κ3) is 3.34. The molecule has 0 spiro atoms. The van der Waals surface area contributed by atoms with Gasteiger partial charge in [0.2, 0.25) is 5.91 Å². The molecule has 7 nitrogen and oxygen atoms in total. The van der Waals surface area contributed by atoms with Crippen molar-refractivity contribution < 1.29 is 18.7 Å². The lowest BCUT2D eigenvalue weighted by Crippen LogP contribution is -2.48. The van der Waals surface area contributed by atoms with Gasteiger partial charge in [0.15, 0.2) is 5.89 Å². The molecule has 0 aromatic carbocycles. The molecule has 1 unspecified atom stereocenters. The molecule has 0 radical (unpaired) electrons. The molecule has 21 heavy (non-hydrogen) atoms. The fourth-order valence-electron chi connectivity index (χ4n) is 2.22. The van der Waals surface area contributed by atoms with E-state index in [-0.39, 0.29) is 11.8 Å². The van der Waals surface area contributed by atoms with E-state index in [1.54, 1.807) is 11.8 Å². The van der Waals surface area contributed by atoms with Gasteiger partial charge in [-0.2, -0.15) is 0 Å². The molecule has 0 saturated carbocycles. The van der Waals surface area contributed by atoms with Gasteiger partial charge in [0, 0.05) is 18.9 Å². The van der Waals surface area contributed by atoms with E-state index in [2.05, 4.69) is 15.0 Å². The Morgan fingerprint density at radius 3 is 2.71 bits per heavy atom. The molecule has 1 N–H and O–H groups in total. The summed E-state index contributed by atoms with van der Waals surface area (Å²) in [5, 5.41) is 2.48. The zero-order chi connectivity index (χ0) is 15.6. The molecule has 1 aliphatic heterocycles. The maximum atomic E-state index is 12.3. The third-order valence-corrected chi connectivity index (χ3v) is 3.44. The monoisotopic (exact) mass is 295 g/mol. The molecule has 0 fully saturated rings. The van der Waals surface area contributed by atoms with Crippen LogP contribution < -0.4 is 5.32 Å². The van der Waals surface area contributed by atoms with Gasteiger partial charge in [-0.1, -0.05) is 13.8 Å². The topological polar surface area (TPSA) is 84.7 Å². The number of fused-ring (bicyclic) bond motifs is 1. The number of nitrogens with zero attached hydrogens (tertiary/aromatic N) is 2. The molecule has 0 aliphatic carbocycles. The summed E-state index contributed by atoms with van der Waals surface area (Å²) in [7, 11) is 1.27. The van der Waals surface area contributed by atoms with Crippen molar-refractivity contribution in [3.05, 3.63) is 17.3 Å². The lowest BCUT2D eigenvalue weighted by molar-refractivity contribution is -0.134. The van der Waals surface area contributed by atoms with Gasteiger partial charge in [0.1, 0.15) is 17.5 Å². The van der Waals surface area contributed by atoms with Gasteiger partial charge in [0.25, 0.3) is 0 Å². The Hall–Kier alpha value is -2.05. The Morgan fingerprint density at radius 1 is 1.38 bits per heavy atom. The van der Waals surface area contributed by atoms with E-state index in [1.165, 1.54) is 7.11 Å². The van der Waals surface area contributed by atoms with Gasteiger partial charge >= 0.3 is 6.09 Å². The van der Waals surface area contributed by atoms with Crippen molar-refractivity contribution in [1.29, 1.82) is 0 Å². The number of carbonyl (C=O) groups excluding carboxylic acids is 2. The first kappa shape index (κ1) is 15.3. The van der Waals surface area contributed by atoms with Crippen molar-refractivity contribution in [2.24, 2.45) is 0 Å². The maximum Gasteiger partial charge on any atom is 0.407 e. The number of aromatic nitrogens is 1. The lowest BCUT2D eigenvalue weighted by Gasteiger charge is -2.28. The Labute approximate surface area is 123 Å². The molecule has 1 atom stereocenters. The number of carbonyl (C=O) groups is 2. The van der Waals surface area contributed by atoms with Crippen LogP contribution in [0.15, 0.2) is 4.42 Å². The zero-order valence-corrected chi connectivity index (χ0v) is 12.8. The Bertz CT molecular complexity index is 538. The molecule has 2 heterocycles. The van der Waals surface area contributed by atoms with Gasteiger partial charge in [-0.15, -0.1) is 0 Å². The van der Waals surface area contributed by atoms with Crippen LogP contribution in [0.4, 0.5) is 4.79 Å². The zero-order valence-electron chi connectivity index (χ0n) is 12.8. The fourth-order valence-corrected chi connectivity index (χ4v) is 2.22. The van der Waals surface area contributed by atoms with Crippen molar-refractivity contribution in [2.45, 2.75) is 45.7 Å². The summed E-state index contributed by atoms with van der Waals surface area (Å²) in [6, 6.07) is -0.629. The van der Waals surface area contributed by atoms with Crippen molar-refractivity contribution >= 4 is 12.0 Å². The first-order chi connectivity index (χ1) is 9.92. The summed E-state index contributed by atoms with van der Waals surface area (Å²) < 4.78 is 10.2. The number of rotatable bonds is 3. The highest BCUT2D eigenvalue weighted by Crippen LogP contribution is 2.23. The van der Waals surface area contributed by atoms with Gasteiger partial charge < -0.3 is 19.4 Å². The SMILES string of the molecule is COC(=O)NC(C)C(=O)N1CCc2oc(C(C)C)nc2C1. The molecule has 2 rings (SSSR count). The minimum Gasteiger partial charge on any atom is -0.453 e. The highest BCUT2D eigenvalue weighted by molar-refractivity contribution is 5.85. The van der Waals surface area contributed by atoms with Crippen molar-refractivity contribution in [3.8, 4) is 0 Å². The smallest absolute Gasteiger partial charge is 0.407 e. The average Bonchev–Trinajstić information content (AvgIpc) is 2.89. The van der Waals surface area contributed by atoms with Gasteiger partial charge in [0.05, 0.1) is 13.7 Å². The summed E-state index contributed by atoms with van der Waals surface area (Å²) in [5.41, 5.74) is 0.809. The van der Waals surface area contributed by atoms with Crippen molar-refractivity contribution in [2.75, 3.05) is 13.7 Å². The predicted octanol–water partition coefficient (Wildman–Crippen LogP) is 1.43. The van der Waals surface area contributed by atoms with Crippen LogP contribution in [0.3, 0.4) is 0 Å². The maximum absolute atomic E-state index is 12.3. The Kier molecular flexibility index (Phi) is 4.50. The second kappa shape index (κ2) is 6.15. The number of methoxy groups -OCH3 is 1. The van der Waals surface area contributed by atoms with Crippen LogP contribution >= 0.6 is 0 Å². The minimum atomic E-state index is -0.629. The quantitative estimate of drug-likeness (QED) is 0.911. The van der Waals surface area contributed by atoms with Gasteiger partial charge in [-0.25, -0.2) is 9.78 Å². The van der Waals surface area contributed by atoms with E-state index >= 15 is 0 Å². The third-order valence-electron chi connectivity index (χ3n) is 3.44. The number of amides is 2. The predicted molar refractivity (Wildman–Crippen MR) is 74.7 cm³/mol. The summed E-state index contributed by atoms with van der Waals surface area (Å²) in [4.78, 5) is 29.6. The summed E-state index contributed by atoms with van der Waals surface area (Å²) in [6.45, 7) is 6.64. The van der Waals surface area contributed by atoms with E-state index in [4.69, 9.17) is 4.42 Å². The van der Waals surface area contributed by atoms with Gasteiger partial charge in [-0.05, 0) is 6.92 Å². The molecule has 2 amide bonds. The van der Waals surface area contributed by atoms with E-state index < -0.39 is 12.1 Å². The van der Waals surface area contributed by atoms with Crippen LogP contribution in [0.1, 0.15) is 44.0 Å². The van der Waals surface area contributed by atoms with Crippen LogP contribution in [0.5, 0.6) is 0 Å². The van der Waals surface area contributed by atoms with Crippen LogP contribution in [-0.4, -0.2) is 41.6 Å². The number of hydrogen-bond acceptors (Lipinski definition) is 5. The van der Waals surface area contributed by atoms with Crippen LogP contribution in [0.2, 0.25) is 0 Å². The summed E-state index contributed by atoms with van der Waals surface area (Å²) in [6.07, 6.45) is 0.0308. The normalized spacial score (nSPS) is 15.6. The first-order valence-corrected chi connectivity index (χ1v) is 7.04. The van der Waals surface area contributed by atoms with Crippen LogP contribution in [-0.2, 0) is 22.5 Å². The summed E-state index contributed by atoms with van der Waals surface area (Å²) >= 11 is 0. The van der Waals surface area contributed by atoms with Gasteiger partial charge in [-0.3, -0.25) is 4.79 Å². The molecule has 0 saturated heterocycles. The second-order valence-corrected chi connectivity index (χ2v) is 5.44. The van der Waals surface area contributed by atoms with E-state index in [1.807, 2.05) is 13.8 Å². The highest BCUT2D eigenvalue weighted by Gasteiger charge is 2.29. The van der Waals surface area contributed by atoms with Crippen molar-refractivity contribution in [3.63, 3.8) is 0 Å². The van der Waals surface area contributed by atoms with E-state index in [0.29, 0.717) is 25.4 Å². The Morgan fingerprint density at radius 2 is 2.10 bits per heavy atom. The number of alkyl carbamates (subject to hydrolysis) is 1. The second-order valence-electron chi connectivity index (χ2n) is 5.44. The molecular formula is C14H21N3O4. The number of nitrogens with one attached hydrogen (secondary N) is 1. The molecule has 1 aliphatic rings. The average molecular weight is 295 g/mol. The highest BCUT2D eigenvalue weighted by atomic mass is 16.5. The number of hydrogen-bond donors (Lipinski definition) is 1. The lowest BCUT2D eigenvalue weighted by atomic mass is 10.1. The van der Waals surface area contributed by atoms with Crippen LogP contribution in [0.25, 0.3) is 0 Å². The molecule has 1 aromatic rings. The fraction of sp³-hybridized carbons (Fsp3) is 0.643. The standard InChI is InChI=1S/C14H21N3O4/c1-8(2)12-16-10-7-17(6-5-11(10)21-12)13(18)9(3)15-14(19)20-4/h8-9H,5-7H2,1-4H3,(H,15,19). The number of oxazole rings is 1. The van der Waals surface area contributed by atoms with E-state index in [0.717, 1.165) is 11.5 Å². The first-order valence-electron chi connectivity index (χ1n) is 7.04. The van der Waals surface area contributed by atoms with E-state index in [9.17, 15) is 9.59 Å². The molecule has 7 heteroatoms.